The number of carbonyl (C=O) groups excluding carboxylic acids is 2. The Hall–Kier alpha value is -2.03. The molecule has 1 aromatic rings. The Morgan fingerprint density at radius 2 is 2.08 bits per heavy atom. The summed E-state index contributed by atoms with van der Waals surface area (Å²) in [5.74, 6) is -0.677. The Morgan fingerprint density at radius 1 is 1.44 bits per heavy atom. The number of sulfone groups is 1. The first-order valence-electron chi connectivity index (χ1n) is 8.08. The van der Waals surface area contributed by atoms with Gasteiger partial charge in [0.15, 0.2) is 14.6 Å². The molecule has 1 atom stereocenters. The van der Waals surface area contributed by atoms with Gasteiger partial charge in [-0.1, -0.05) is 13.8 Å². The molecule has 1 aliphatic heterocycles. The number of hydrogen-bond donors (Lipinski definition) is 1. The summed E-state index contributed by atoms with van der Waals surface area (Å²) in [6.45, 7) is 5.70. The zero-order chi connectivity index (χ0) is 19.0. The smallest absolute Gasteiger partial charge is 0.328 e. The summed E-state index contributed by atoms with van der Waals surface area (Å²) in [4.78, 5) is 26.2. The number of hydrogen-bond acceptors (Lipinski definition) is 6. The van der Waals surface area contributed by atoms with Gasteiger partial charge in [-0.15, -0.1) is 0 Å². The summed E-state index contributed by atoms with van der Waals surface area (Å²) in [5.41, 5.74) is 6.90. The van der Waals surface area contributed by atoms with Crippen molar-refractivity contribution in [3.63, 3.8) is 0 Å². The van der Waals surface area contributed by atoms with Crippen LogP contribution in [0.25, 0.3) is 0 Å². The number of amides is 1. The van der Waals surface area contributed by atoms with E-state index in [9.17, 15) is 18.0 Å². The van der Waals surface area contributed by atoms with Crippen LogP contribution in [0.4, 0.5) is 10.5 Å². The maximum atomic E-state index is 12.4. The predicted molar refractivity (Wildman–Crippen MR) is 93.7 cm³/mol. The van der Waals surface area contributed by atoms with Gasteiger partial charge in [-0.05, 0) is 25.3 Å². The number of ether oxygens (including phenoxy) is 1. The third kappa shape index (κ3) is 3.81. The molecule has 2 N–H and O–H groups in total. The van der Waals surface area contributed by atoms with Crippen molar-refractivity contribution in [1.82, 2.24) is 9.47 Å². The second kappa shape index (κ2) is 6.70. The van der Waals surface area contributed by atoms with E-state index in [0.717, 1.165) is 11.9 Å². The lowest BCUT2D eigenvalue weighted by atomic mass is 10.1. The Kier molecular flexibility index (Phi) is 5.17. The molecule has 2 rings (SSSR count). The fourth-order valence-corrected chi connectivity index (χ4v) is 3.43. The van der Waals surface area contributed by atoms with Crippen molar-refractivity contribution in [3.05, 3.63) is 18.0 Å². The average Bonchev–Trinajstić information content (AvgIpc) is 2.99. The highest BCUT2D eigenvalue weighted by Gasteiger charge is 2.45. The molecule has 0 fully saturated rings. The summed E-state index contributed by atoms with van der Waals surface area (Å²) in [7, 11) is -3.72. The summed E-state index contributed by atoms with van der Waals surface area (Å²) in [6.07, 6.45) is 2.51. The number of carbonyl (C=O) groups is 2. The van der Waals surface area contributed by atoms with Crippen LogP contribution in [0.5, 0.6) is 0 Å². The molecule has 0 saturated heterocycles. The molecule has 1 aliphatic rings. The largest absolute Gasteiger partial charge is 0.464 e. The highest BCUT2D eigenvalue weighted by atomic mass is 32.2. The first kappa shape index (κ1) is 19.3. The quantitative estimate of drug-likeness (QED) is 0.722. The van der Waals surface area contributed by atoms with E-state index in [1.54, 1.807) is 6.07 Å². The Bertz CT molecular complexity index is 784. The number of fused-ring (bicyclic) bond motifs is 1. The van der Waals surface area contributed by atoms with Crippen molar-refractivity contribution in [2.75, 3.05) is 25.1 Å². The molecule has 140 valence electrons. The first-order valence-corrected chi connectivity index (χ1v) is 9.97. The maximum absolute atomic E-state index is 12.4. The molecule has 0 saturated carbocycles. The van der Waals surface area contributed by atoms with Gasteiger partial charge in [-0.3, -0.25) is 9.36 Å². The molecule has 0 radical (unpaired) electrons. The van der Waals surface area contributed by atoms with Crippen LogP contribution in [0, 0.1) is 5.92 Å². The number of nitrogens with zero attached hydrogens (tertiary/aromatic N) is 2. The number of anilines is 1. The van der Waals surface area contributed by atoms with Crippen molar-refractivity contribution < 1.29 is 22.7 Å². The zero-order valence-corrected chi connectivity index (χ0v) is 15.8. The van der Waals surface area contributed by atoms with Gasteiger partial charge in [-0.2, -0.15) is 0 Å². The lowest BCUT2D eigenvalue weighted by Crippen LogP contribution is -2.47. The molecule has 0 bridgehead atoms. The second-order valence-corrected chi connectivity index (χ2v) is 9.53. The Labute approximate surface area is 147 Å². The van der Waals surface area contributed by atoms with Crippen LogP contribution in [0.3, 0.4) is 0 Å². The van der Waals surface area contributed by atoms with E-state index in [4.69, 9.17) is 10.5 Å². The van der Waals surface area contributed by atoms with Crippen LogP contribution in [0.1, 0.15) is 32.9 Å². The van der Waals surface area contributed by atoms with E-state index < -0.39 is 20.6 Å². The zero-order valence-electron chi connectivity index (χ0n) is 15.0. The van der Waals surface area contributed by atoms with Crippen LogP contribution < -0.4 is 5.73 Å². The molecular formula is C16H25N3O5S. The lowest BCUT2D eigenvalue weighted by Gasteiger charge is -2.28. The minimum Gasteiger partial charge on any atom is -0.464 e. The van der Waals surface area contributed by atoms with Crippen LogP contribution in [-0.4, -0.2) is 54.0 Å². The lowest BCUT2D eigenvalue weighted by molar-refractivity contribution is -0.147. The molecule has 1 amide bonds. The maximum Gasteiger partial charge on any atom is 0.328 e. The third-order valence-corrected chi connectivity index (χ3v) is 6.41. The number of rotatable bonds is 7. The van der Waals surface area contributed by atoms with Crippen molar-refractivity contribution in [2.24, 2.45) is 5.92 Å². The third-order valence-electron chi connectivity index (χ3n) is 4.41. The second-order valence-electron chi connectivity index (χ2n) is 7.08. The van der Waals surface area contributed by atoms with E-state index in [1.165, 1.54) is 22.6 Å². The highest BCUT2D eigenvalue weighted by molar-refractivity contribution is 7.92. The molecule has 0 aliphatic carbocycles. The SMILES string of the molecule is CC(C)COC(=O)C(C)(CCN1Cc2cc(N)cn2C1=O)S(C)(=O)=O. The number of nitrogen functional groups attached to an aromatic ring is 1. The monoisotopic (exact) mass is 371 g/mol. The summed E-state index contributed by atoms with van der Waals surface area (Å²) < 4.78 is 29.3. The van der Waals surface area contributed by atoms with Gasteiger partial charge in [0.05, 0.1) is 18.8 Å². The van der Waals surface area contributed by atoms with E-state index in [0.29, 0.717) is 12.2 Å². The van der Waals surface area contributed by atoms with Gasteiger partial charge in [0.25, 0.3) is 0 Å². The summed E-state index contributed by atoms with van der Waals surface area (Å²) in [5, 5.41) is 0. The van der Waals surface area contributed by atoms with E-state index >= 15 is 0 Å². The van der Waals surface area contributed by atoms with E-state index in [2.05, 4.69) is 0 Å². The van der Waals surface area contributed by atoms with Gasteiger partial charge in [-0.25, -0.2) is 13.2 Å². The van der Waals surface area contributed by atoms with Gasteiger partial charge in [0.1, 0.15) is 0 Å². The summed E-state index contributed by atoms with van der Waals surface area (Å²) >= 11 is 0. The van der Waals surface area contributed by atoms with Crippen LogP contribution in [-0.2, 0) is 25.9 Å². The van der Waals surface area contributed by atoms with Crippen molar-refractivity contribution in [3.8, 4) is 0 Å². The number of aromatic nitrogens is 1. The minimum atomic E-state index is -3.72. The molecule has 0 spiro atoms. The van der Waals surface area contributed by atoms with E-state index in [-0.39, 0.29) is 31.5 Å². The van der Waals surface area contributed by atoms with Gasteiger partial charge < -0.3 is 15.4 Å². The van der Waals surface area contributed by atoms with Gasteiger partial charge >= 0.3 is 12.0 Å². The van der Waals surface area contributed by atoms with E-state index in [1.807, 2.05) is 13.8 Å². The minimum absolute atomic E-state index is 0.0329. The number of esters is 1. The molecule has 25 heavy (non-hydrogen) atoms. The Morgan fingerprint density at radius 3 is 2.60 bits per heavy atom. The van der Waals surface area contributed by atoms with Crippen LogP contribution >= 0.6 is 0 Å². The molecule has 8 nitrogen and oxygen atoms in total. The fourth-order valence-electron chi connectivity index (χ4n) is 2.60. The molecule has 0 aromatic carbocycles. The normalized spacial score (nSPS) is 16.8. The molecule has 1 unspecified atom stereocenters. The van der Waals surface area contributed by atoms with Crippen LogP contribution in [0.2, 0.25) is 0 Å². The molecule has 2 heterocycles. The van der Waals surface area contributed by atoms with Gasteiger partial charge in [0.2, 0.25) is 0 Å². The average molecular weight is 371 g/mol. The molecule has 1 aromatic heterocycles. The Balaban J connectivity index is 2.10. The first-order chi connectivity index (χ1) is 11.5. The standard InChI is InChI=1S/C16H25N3O5S/c1-11(2)10-24-14(20)16(3,25(4,22)23)5-6-18-9-13-7-12(17)8-19(13)15(18)21/h7-8,11H,5-6,9-10,17H2,1-4H3. The fraction of sp³-hybridized carbons (Fsp3) is 0.625. The summed E-state index contributed by atoms with van der Waals surface area (Å²) in [6, 6.07) is 1.42. The van der Waals surface area contributed by atoms with Crippen molar-refractivity contribution in [2.45, 2.75) is 38.5 Å². The number of nitrogens with two attached hydrogens (primary N) is 1. The van der Waals surface area contributed by atoms with Gasteiger partial charge in [0, 0.05) is 24.7 Å². The highest BCUT2D eigenvalue weighted by Crippen LogP contribution is 2.27. The van der Waals surface area contributed by atoms with Crippen molar-refractivity contribution >= 4 is 27.5 Å². The topological polar surface area (TPSA) is 112 Å². The van der Waals surface area contributed by atoms with Crippen LogP contribution in [0.15, 0.2) is 12.3 Å². The predicted octanol–water partition coefficient (Wildman–Crippen LogP) is 1.25. The molecule has 9 heteroatoms. The van der Waals surface area contributed by atoms with Crippen molar-refractivity contribution in [1.29, 1.82) is 0 Å². The molecular weight excluding hydrogens is 346 g/mol.